The summed E-state index contributed by atoms with van der Waals surface area (Å²) in [6, 6.07) is 16.2. The van der Waals surface area contributed by atoms with Gasteiger partial charge in [-0.2, -0.15) is 0 Å². The number of amides is 2. The van der Waals surface area contributed by atoms with Gasteiger partial charge in [-0.1, -0.05) is 42.5 Å². The van der Waals surface area contributed by atoms with Crippen molar-refractivity contribution in [3.8, 4) is 0 Å². The number of benzene rings is 2. The molecule has 0 aliphatic heterocycles. The van der Waals surface area contributed by atoms with Crippen molar-refractivity contribution in [2.24, 2.45) is 0 Å². The maximum absolute atomic E-state index is 11.9. The van der Waals surface area contributed by atoms with Crippen LogP contribution in [0.3, 0.4) is 0 Å². The molecule has 8 heteroatoms. The summed E-state index contributed by atoms with van der Waals surface area (Å²) in [5.74, 6) is 0.235. The summed E-state index contributed by atoms with van der Waals surface area (Å²) in [6.45, 7) is 0.619. The van der Waals surface area contributed by atoms with Crippen molar-refractivity contribution in [2.45, 2.75) is 13.2 Å². The molecule has 8 nitrogen and oxygen atoms in total. The molecule has 25 heavy (non-hydrogen) atoms. The van der Waals surface area contributed by atoms with E-state index in [2.05, 4.69) is 20.8 Å². The Bertz CT molecular complexity index is 818. The smallest absolute Gasteiger partial charge is 0.308 e. The Morgan fingerprint density at radius 1 is 1.08 bits per heavy atom. The van der Waals surface area contributed by atoms with E-state index in [-0.39, 0.29) is 12.5 Å². The van der Waals surface area contributed by atoms with Crippen LogP contribution < -0.4 is 15.3 Å². The molecule has 0 saturated heterocycles. The second-order valence-corrected chi connectivity index (χ2v) is 5.30. The summed E-state index contributed by atoms with van der Waals surface area (Å²) in [5.41, 5.74) is 2.52. The Kier molecular flexibility index (Phi) is 5.35. The molecule has 0 bridgehead atoms. The minimum Gasteiger partial charge on any atom is -0.308 e. The lowest BCUT2D eigenvalue weighted by molar-refractivity contribution is -0.754. The maximum atomic E-state index is 11.9. The highest BCUT2D eigenvalue weighted by Gasteiger charge is 2.14. The fourth-order valence-electron chi connectivity index (χ4n) is 2.21. The van der Waals surface area contributed by atoms with Crippen LogP contribution in [-0.4, -0.2) is 16.6 Å². The summed E-state index contributed by atoms with van der Waals surface area (Å²) in [6.07, 6.45) is 1.59. The number of nitrogens with one attached hydrogen (secondary N) is 2. The summed E-state index contributed by atoms with van der Waals surface area (Å²) < 4.78 is 6.66. The number of urea groups is 1. The quantitative estimate of drug-likeness (QED) is 0.363. The predicted octanol–water partition coefficient (Wildman–Crippen LogP) is 2.64. The zero-order valence-corrected chi connectivity index (χ0v) is 13.3. The van der Waals surface area contributed by atoms with Crippen molar-refractivity contribution >= 4 is 17.6 Å². The minimum atomic E-state index is -0.414. The molecule has 128 valence electrons. The number of aromatic nitrogens is 2. The first-order valence-electron chi connectivity index (χ1n) is 7.56. The molecule has 2 aromatic carbocycles. The molecule has 3 aromatic rings. The van der Waals surface area contributed by atoms with E-state index < -0.39 is 6.03 Å². The number of hydrogen-bond acceptors (Lipinski definition) is 5. The van der Waals surface area contributed by atoms with Gasteiger partial charge < -0.3 is 5.32 Å². The molecule has 0 fully saturated rings. The molecule has 0 atom stereocenters. The lowest BCUT2D eigenvalue weighted by Crippen LogP contribution is -2.35. The Morgan fingerprint density at radius 2 is 1.80 bits per heavy atom. The lowest BCUT2D eigenvalue weighted by Gasteiger charge is -2.02. The molecule has 0 aliphatic rings. The molecule has 1 heterocycles. The van der Waals surface area contributed by atoms with E-state index in [0.29, 0.717) is 12.2 Å². The van der Waals surface area contributed by atoms with Gasteiger partial charge in [-0.3, -0.25) is 15.1 Å². The van der Waals surface area contributed by atoms with Crippen molar-refractivity contribution < 1.29 is 24.1 Å². The topological polar surface area (TPSA) is 101 Å². The second-order valence-electron chi connectivity index (χ2n) is 5.30. The van der Waals surface area contributed by atoms with Crippen LogP contribution in [0.1, 0.15) is 11.1 Å². The van der Waals surface area contributed by atoms with Crippen LogP contribution in [0, 0.1) is 0 Å². The van der Waals surface area contributed by atoms with Crippen molar-refractivity contribution in [1.29, 1.82) is 0 Å². The zero-order chi connectivity index (χ0) is 17.5. The van der Waals surface area contributed by atoms with Gasteiger partial charge in [0.1, 0.15) is 6.61 Å². The summed E-state index contributed by atoms with van der Waals surface area (Å²) in [7, 11) is 0. The van der Waals surface area contributed by atoms with E-state index in [1.807, 2.05) is 42.5 Å². The number of carbonyl (C=O) groups excluding carboxylic acids is 1. The highest BCUT2D eigenvalue weighted by Crippen LogP contribution is 2.08. The predicted molar refractivity (Wildman–Crippen MR) is 88.7 cm³/mol. The average molecular weight is 341 g/mol. The zero-order valence-electron chi connectivity index (χ0n) is 13.3. The average Bonchev–Trinajstić information content (AvgIpc) is 3.04. The molecule has 0 aliphatic carbocycles. The molecule has 1 aromatic heterocycles. The van der Waals surface area contributed by atoms with Gasteiger partial charge in [-0.15, -0.1) is 0 Å². The van der Waals surface area contributed by atoms with Gasteiger partial charge in [0.15, 0.2) is 0 Å². The third-order valence-electron chi connectivity index (χ3n) is 3.38. The number of para-hydroxylation sites is 1. The van der Waals surface area contributed by atoms with Crippen LogP contribution in [0.25, 0.3) is 0 Å². The van der Waals surface area contributed by atoms with E-state index in [4.69, 9.17) is 9.78 Å². The molecular formula is C17H17N4O4+. The Labute approximate surface area is 143 Å². The van der Waals surface area contributed by atoms with Crippen molar-refractivity contribution in [2.75, 3.05) is 10.6 Å². The van der Waals surface area contributed by atoms with Gasteiger partial charge in [0.05, 0.1) is 0 Å². The van der Waals surface area contributed by atoms with Crippen molar-refractivity contribution in [3.63, 3.8) is 0 Å². The third kappa shape index (κ3) is 4.87. The van der Waals surface area contributed by atoms with Crippen molar-refractivity contribution in [1.82, 2.24) is 5.27 Å². The van der Waals surface area contributed by atoms with Crippen LogP contribution >= 0.6 is 0 Å². The Hall–Kier alpha value is -3.23. The number of anilines is 2. The summed E-state index contributed by atoms with van der Waals surface area (Å²) in [4.78, 5) is 16.0. The van der Waals surface area contributed by atoms with Crippen LogP contribution in [0.15, 0.2) is 65.3 Å². The van der Waals surface area contributed by atoms with Crippen molar-refractivity contribution in [3.05, 3.63) is 71.9 Å². The van der Waals surface area contributed by atoms with Crippen LogP contribution in [-0.2, 0) is 18.0 Å². The SMILES string of the molecule is O=C(Nc1ccccc1)Nc1c[n+](Cc2ccc(COO)cc2)no1. The van der Waals surface area contributed by atoms with Gasteiger partial charge in [0, 0.05) is 11.3 Å². The minimum absolute atomic E-state index is 0.141. The first-order chi connectivity index (χ1) is 12.2. The van der Waals surface area contributed by atoms with Crippen LogP contribution in [0.2, 0.25) is 0 Å². The molecule has 0 saturated carbocycles. The van der Waals surface area contributed by atoms with E-state index >= 15 is 0 Å². The Balaban J connectivity index is 1.55. The number of carbonyl (C=O) groups is 1. The molecule has 3 rings (SSSR count). The lowest BCUT2D eigenvalue weighted by atomic mass is 10.1. The normalized spacial score (nSPS) is 10.4. The fourth-order valence-corrected chi connectivity index (χ4v) is 2.21. The largest absolute Gasteiger partial charge is 0.326 e. The maximum Gasteiger partial charge on any atom is 0.326 e. The van der Waals surface area contributed by atoms with Gasteiger partial charge in [-0.25, -0.2) is 9.68 Å². The first kappa shape index (κ1) is 16.6. The number of nitrogens with zero attached hydrogens (tertiary/aromatic N) is 2. The number of hydrogen-bond donors (Lipinski definition) is 3. The molecule has 3 N–H and O–H groups in total. The van der Waals surface area contributed by atoms with Crippen LogP contribution in [0.4, 0.5) is 16.4 Å². The molecule has 0 radical (unpaired) electrons. The molecule has 0 unspecified atom stereocenters. The third-order valence-corrected chi connectivity index (χ3v) is 3.38. The number of rotatable bonds is 6. The standard InChI is InChI=1S/C17H16N4O4/c22-17(18-15-4-2-1-3-5-15)19-16-11-21(20-25-16)10-13-6-8-14(9-7-13)12-24-23/h1-9,11H,10,12H2,(H2-,18,19,22,23)/p+1. The molecule has 0 spiro atoms. The van der Waals surface area contributed by atoms with E-state index in [0.717, 1.165) is 11.1 Å². The monoisotopic (exact) mass is 341 g/mol. The second kappa shape index (κ2) is 8.04. The van der Waals surface area contributed by atoms with Gasteiger partial charge in [-0.05, 0) is 22.4 Å². The summed E-state index contributed by atoms with van der Waals surface area (Å²) in [5, 5.41) is 17.6. The fraction of sp³-hybridized carbons (Fsp3) is 0.118. The van der Waals surface area contributed by atoms with Crippen LogP contribution in [0.5, 0.6) is 0 Å². The molecular weight excluding hydrogens is 324 g/mol. The van der Waals surface area contributed by atoms with Gasteiger partial charge in [0.2, 0.25) is 11.8 Å². The summed E-state index contributed by atoms with van der Waals surface area (Å²) >= 11 is 0. The molecule has 2 amide bonds. The Morgan fingerprint density at radius 3 is 2.52 bits per heavy atom. The highest BCUT2D eigenvalue weighted by atomic mass is 17.1. The van der Waals surface area contributed by atoms with E-state index in [1.165, 1.54) is 0 Å². The van der Waals surface area contributed by atoms with Gasteiger partial charge in [0.25, 0.3) is 6.20 Å². The van der Waals surface area contributed by atoms with E-state index in [9.17, 15) is 4.79 Å². The van der Waals surface area contributed by atoms with E-state index in [1.54, 1.807) is 23.0 Å². The highest BCUT2D eigenvalue weighted by molar-refractivity contribution is 5.98. The first-order valence-corrected chi connectivity index (χ1v) is 7.56. The van der Waals surface area contributed by atoms with Gasteiger partial charge >= 0.3 is 11.9 Å².